The molecule has 2 atom stereocenters. The molecule has 1 aromatic carbocycles. The number of hydrogen-bond donors (Lipinski definition) is 1. The first-order valence-electron chi connectivity index (χ1n) is 10.2. The third kappa shape index (κ3) is 5.79. The molecular weight excluding hydrogens is 370 g/mol. The number of rotatable bonds is 7. The molecule has 0 saturated carbocycles. The third-order valence-corrected chi connectivity index (χ3v) is 5.99. The Labute approximate surface area is 173 Å². The number of carbonyl (C=O) groups excluding carboxylic acids is 1. The summed E-state index contributed by atoms with van der Waals surface area (Å²) < 4.78 is 0. The Morgan fingerprint density at radius 2 is 1.93 bits per heavy atom. The van der Waals surface area contributed by atoms with E-state index in [9.17, 15) is 4.79 Å². The fraction of sp³-hybridized carbons (Fsp3) is 0.478. The molecule has 1 aliphatic heterocycles. The van der Waals surface area contributed by atoms with Crippen LogP contribution in [0.3, 0.4) is 0 Å². The van der Waals surface area contributed by atoms with E-state index in [1.807, 2.05) is 42.5 Å². The summed E-state index contributed by atoms with van der Waals surface area (Å²) in [5, 5.41) is 3.86. The maximum atomic E-state index is 13.1. The van der Waals surface area contributed by atoms with Gasteiger partial charge in [0.1, 0.15) is 0 Å². The van der Waals surface area contributed by atoms with E-state index in [1.54, 1.807) is 6.20 Å². The van der Waals surface area contributed by atoms with E-state index in [2.05, 4.69) is 29.0 Å². The van der Waals surface area contributed by atoms with E-state index in [0.29, 0.717) is 24.0 Å². The molecule has 2 heterocycles. The number of piperidine rings is 1. The highest BCUT2D eigenvalue weighted by atomic mass is 35.5. The van der Waals surface area contributed by atoms with Gasteiger partial charge in [-0.25, -0.2) is 0 Å². The smallest absolute Gasteiger partial charge is 0.227 e. The number of likely N-dealkylation sites (tertiary alicyclic amines) is 1. The number of halogens is 1. The van der Waals surface area contributed by atoms with E-state index in [4.69, 9.17) is 11.6 Å². The molecule has 150 valence electrons. The summed E-state index contributed by atoms with van der Waals surface area (Å²) in [7, 11) is 0. The van der Waals surface area contributed by atoms with Crippen molar-refractivity contribution in [3.05, 3.63) is 64.9 Å². The zero-order valence-corrected chi connectivity index (χ0v) is 17.5. The molecule has 4 nitrogen and oxygen atoms in total. The summed E-state index contributed by atoms with van der Waals surface area (Å²) in [4.78, 5) is 20.0. The second-order valence-electron chi connectivity index (χ2n) is 7.94. The Morgan fingerprint density at radius 1 is 1.21 bits per heavy atom. The molecule has 3 rings (SSSR count). The molecule has 1 aromatic heterocycles. The Balaban J connectivity index is 1.65. The van der Waals surface area contributed by atoms with Crippen molar-refractivity contribution < 1.29 is 4.79 Å². The zero-order valence-electron chi connectivity index (χ0n) is 16.8. The lowest BCUT2D eigenvalue weighted by molar-refractivity contribution is -0.122. The van der Waals surface area contributed by atoms with Crippen molar-refractivity contribution in [2.24, 2.45) is 5.92 Å². The molecule has 1 aliphatic rings. The fourth-order valence-electron chi connectivity index (χ4n) is 3.75. The van der Waals surface area contributed by atoms with E-state index in [0.717, 1.165) is 30.3 Å². The summed E-state index contributed by atoms with van der Waals surface area (Å²) in [6.07, 6.45) is 4.83. The molecule has 0 aliphatic carbocycles. The maximum absolute atomic E-state index is 13.1. The quantitative estimate of drug-likeness (QED) is 0.755. The number of benzene rings is 1. The maximum Gasteiger partial charge on any atom is 0.227 e. The van der Waals surface area contributed by atoms with Gasteiger partial charge in [0.2, 0.25) is 5.91 Å². The number of nitrogens with zero attached hydrogens (tertiary/aromatic N) is 2. The monoisotopic (exact) mass is 399 g/mol. The van der Waals surface area contributed by atoms with E-state index >= 15 is 0 Å². The van der Waals surface area contributed by atoms with Gasteiger partial charge in [-0.05, 0) is 68.6 Å². The number of pyridine rings is 1. The normalized spacial score (nSPS) is 17.8. The lowest BCUT2D eigenvalue weighted by Crippen LogP contribution is -2.46. The van der Waals surface area contributed by atoms with Crippen LogP contribution in [0.5, 0.6) is 0 Å². The lowest BCUT2D eigenvalue weighted by Gasteiger charge is -2.35. The Bertz CT molecular complexity index is 742. The van der Waals surface area contributed by atoms with Gasteiger partial charge in [0.15, 0.2) is 0 Å². The number of carbonyl (C=O) groups is 1. The van der Waals surface area contributed by atoms with Crippen LogP contribution in [0.25, 0.3) is 0 Å². The fourth-order valence-corrected chi connectivity index (χ4v) is 3.88. The van der Waals surface area contributed by atoms with Crippen LogP contribution in [-0.2, 0) is 11.2 Å². The lowest BCUT2D eigenvalue weighted by atomic mass is 9.93. The van der Waals surface area contributed by atoms with Crippen LogP contribution in [0.2, 0.25) is 5.02 Å². The van der Waals surface area contributed by atoms with Gasteiger partial charge >= 0.3 is 0 Å². The molecule has 0 spiro atoms. The van der Waals surface area contributed by atoms with Gasteiger partial charge in [0, 0.05) is 35.9 Å². The van der Waals surface area contributed by atoms with Crippen molar-refractivity contribution in [2.75, 3.05) is 19.6 Å². The molecule has 1 N–H and O–H groups in total. The summed E-state index contributed by atoms with van der Waals surface area (Å²) in [5.41, 5.74) is 1.88. The number of amides is 1. The molecule has 5 heteroatoms. The number of nitrogens with one attached hydrogen (secondary N) is 1. The highest BCUT2D eigenvalue weighted by Crippen LogP contribution is 2.23. The minimum absolute atomic E-state index is 0.0465. The second kappa shape index (κ2) is 10.0. The number of hydrogen-bond acceptors (Lipinski definition) is 3. The van der Waals surface area contributed by atoms with Crippen LogP contribution in [-0.4, -0.2) is 41.5 Å². The number of aromatic nitrogens is 1. The Kier molecular flexibility index (Phi) is 7.46. The average molecular weight is 400 g/mol. The molecule has 2 aromatic rings. The predicted octanol–water partition coefficient (Wildman–Crippen LogP) is 4.30. The van der Waals surface area contributed by atoms with Gasteiger partial charge in [-0.1, -0.05) is 36.7 Å². The minimum atomic E-state index is -0.277. The first kappa shape index (κ1) is 20.8. The minimum Gasteiger partial charge on any atom is -0.354 e. The van der Waals surface area contributed by atoms with Gasteiger partial charge in [-0.2, -0.15) is 0 Å². The van der Waals surface area contributed by atoms with Crippen LogP contribution in [0.1, 0.15) is 43.9 Å². The molecule has 2 unspecified atom stereocenters. The van der Waals surface area contributed by atoms with E-state index in [-0.39, 0.29) is 11.8 Å². The van der Waals surface area contributed by atoms with Crippen molar-refractivity contribution in [2.45, 2.75) is 45.1 Å². The topological polar surface area (TPSA) is 45.2 Å². The molecule has 1 amide bonds. The average Bonchev–Trinajstić information content (AvgIpc) is 2.72. The molecule has 0 bridgehead atoms. The molecule has 28 heavy (non-hydrogen) atoms. The van der Waals surface area contributed by atoms with Crippen LogP contribution in [0.15, 0.2) is 48.7 Å². The van der Waals surface area contributed by atoms with Crippen molar-refractivity contribution in [3.63, 3.8) is 0 Å². The van der Waals surface area contributed by atoms with Gasteiger partial charge < -0.3 is 5.32 Å². The molecule has 0 radical (unpaired) electrons. The molecular formula is C23H30ClN3O. The van der Waals surface area contributed by atoms with E-state index < -0.39 is 0 Å². The van der Waals surface area contributed by atoms with Crippen molar-refractivity contribution in [1.29, 1.82) is 0 Å². The summed E-state index contributed by atoms with van der Waals surface area (Å²) in [6, 6.07) is 13.7. The SMILES string of the molecule is CC1CCN(C(C)CNC(=O)C(Cc2ccccn2)c2ccc(Cl)cc2)CC1. The summed E-state index contributed by atoms with van der Waals surface area (Å²) in [5.74, 6) is 0.580. The highest BCUT2D eigenvalue weighted by molar-refractivity contribution is 6.30. The van der Waals surface area contributed by atoms with Gasteiger partial charge in [-0.3, -0.25) is 14.7 Å². The Hall–Kier alpha value is -1.91. The van der Waals surface area contributed by atoms with Crippen molar-refractivity contribution in [3.8, 4) is 0 Å². The highest BCUT2D eigenvalue weighted by Gasteiger charge is 2.24. The standard InChI is InChI=1S/C23H30ClN3O/c1-17-10-13-27(14-11-17)18(2)16-26-23(28)22(15-21-5-3-4-12-25-21)19-6-8-20(24)9-7-19/h3-9,12,17-18,22H,10-11,13-16H2,1-2H3,(H,26,28). The van der Waals surface area contributed by atoms with Gasteiger partial charge in [0.05, 0.1) is 5.92 Å². The van der Waals surface area contributed by atoms with Gasteiger partial charge in [-0.15, -0.1) is 0 Å². The van der Waals surface area contributed by atoms with E-state index in [1.165, 1.54) is 12.8 Å². The van der Waals surface area contributed by atoms with Crippen LogP contribution < -0.4 is 5.32 Å². The van der Waals surface area contributed by atoms with Crippen LogP contribution in [0.4, 0.5) is 0 Å². The predicted molar refractivity (Wildman–Crippen MR) is 115 cm³/mol. The summed E-state index contributed by atoms with van der Waals surface area (Å²) in [6.45, 7) is 7.42. The van der Waals surface area contributed by atoms with Crippen LogP contribution in [0, 0.1) is 5.92 Å². The van der Waals surface area contributed by atoms with Crippen molar-refractivity contribution >= 4 is 17.5 Å². The largest absolute Gasteiger partial charge is 0.354 e. The first-order chi connectivity index (χ1) is 13.5. The Morgan fingerprint density at radius 3 is 2.57 bits per heavy atom. The van der Waals surface area contributed by atoms with Gasteiger partial charge in [0.25, 0.3) is 0 Å². The summed E-state index contributed by atoms with van der Waals surface area (Å²) >= 11 is 6.04. The molecule has 1 saturated heterocycles. The van der Waals surface area contributed by atoms with Crippen molar-refractivity contribution in [1.82, 2.24) is 15.2 Å². The third-order valence-electron chi connectivity index (χ3n) is 5.74. The zero-order chi connectivity index (χ0) is 19.9. The second-order valence-corrected chi connectivity index (χ2v) is 8.38. The molecule has 1 fully saturated rings. The van der Waals surface area contributed by atoms with Crippen LogP contribution >= 0.6 is 11.6 Å². The first-order valence-corrected chi connectivity index (χ1v) is 10.6.